The van der Waals surface area contributed by atoms with Crippen LogP contribution in [0.2, 0.25) is 0 Å². The molecule has 13 heavy (non-hydrogen) atoms. The molecule has 2 nitrogen and oxygen atoms in total. The maximum Gasteiger partial charge on any atom is 0.0341 e. The van der Waals surface area contributed by atoms with E-state index in [1.165, 1.54) is 9.26 Å². The highest BCUT2D eigenvalue weighted by atomic mass is 127. The second-order valence-electron chi connectivity index (χ2n) is 3.24. The van der Waals surface area contributed by atoms with Crippen molar-refractivity contribution in [2.75, 3.05) is 32.5 Å². The van der Waals surface area contributed by atoms with Gasteiger partial charge in [0.1, 0.15) is 0 Å². The Morgan fingerprint density at radius 2 is 1.85 bits per heavy atom. The zero-order chi connectivity index (χ0) is 9.68. The molecule has 0 saturated carbocycles. The number of likely N-dealkylation sites (N-methyl/N-ethyl adjacent to an activating group) is 1. The molecule has 0 aliphatic rings. The predicted molar refractivity (Wildman–Crippen MR) is 66.2 cm³/mol. The van der Waals surface area contributed by atoms with Crippen molar-refractivity contribution in [3.63, 3.8) is 0 Å². The topological polar surface area (TPSA) is 15.3 Å². The molecule has 0 aliphatic carbocycles. The minimum Gasteiger partial charge on any atom is -0.384 e. The molecule has 0 atom stereocenters. The summed E-state index contributed by atoms with van der Waals surface area (Å²) in [5.74, 6) is 0. The van der Waals surface area contributed by atoms with E-state index in [1.54, 1.807) is 0 Å². The zero-order valence-corrected chi connectivity index (χ0v) is 10.2. The van der Waals surface area contributed by atoms with Gasteiger partial charge in [-0.2, -0.15) is 0 Å². The zero-order valence-electron chi connectivity index (χ0n) is 8.05. The van der Waals surface area contributed by atoms with Crippen molar-refractivity contribution in [1.82, 2.24) is 4.90 Å². The summed E-state index contributed by atoms with van der Waals surface area (Å²) >= 11 is 2.31. The Morgan fingerprint density at radius 1 is 1.23 bits per heavy atom. The van der Waals surface area contributed by atoms with E-state index in [0.717, 1.165) is 13.1 Å². The van der Waals surface area contributed by atoms with Crippen molar-refractivity contribution < 1.29 is 0 Å². The van der Waals surface area contributed by atoms with Crippen LogP contribution in [-0.4, -0.2) is 32.1 Å². The second kappa shape index (κ2) is 5.44. The van der Waals surface area contributed by atoms with Crippen LogP contribution in [0.5, 0.6) is 0 Å². The van der Waals surface area contributed by atoms with Crippen LogP contribution in [0.3, 0.4) is 0 Å². The van der Waals surface area contributed by atoms with Gasteiger partial charge in [0.2, 0.25) is 0 Å². The number of hydrogen-bond acceptors (Lipinski definition) is 2. The molecule has 0 radical (unpaired) electrons. The molecule has 1 aromatic rings. The van der Waals surface area contributed by atoms with Crippen LogP contribution in [0, 0.1) is 3.57 Å². The maximum atomic E-state index is 3.36. The number of anilines is 1. The fourth-order valence-corrected chi connectivity index (χ4v) is 1.35. The SMILES string of the molecule is CN(C)CCNc1ccc(I)cc1. The van der Waals surface area contributed by atoms with Gasteiger partial charge in [0.25, 0.3) is 0 Å². The first-order chi connectivity index (χ1) is 6.18. The fourth-order valence-electron chi connectivity index (χ4n) is 0.992. The van der Waals surface area contributed by atoms with Crippen LogP contribution in [0.15, 0.2) is 24.3 Å². The molecule has 0 amide bonds. The second-order valence-corrected chi connectivity index (χ2v) is 4.48. The molecule has 0 spiro atoms. The van der Waals surface area contributed by atoms with Crippen LogP contribution in [0.25, 0.3) is 0 Å². The predicted octanol–water partition coefficient (Wildman–Crippen LogP) is 2.26. The summed E-state index contributed by atoms with van der Waals surface area (Å²) < 4.78 is 1.27. The van der Waals surface area contributed by atoms with E-state index < -0.39 is 0 Å². The molecule has 0 heterocycles. The van der Waals surface area contributed by atoms with Crippen LogP contribution in [0.4, 0.5) is 5.69 Å². The lowest BCUT2D eigenvalue weighted by Gasteiger charge is -2.11. The van der Waals surface area contributed by atoms with Crippen molar-refractivity contribution in [1.29, 1.82) is 0 Å². The molecule has 1 aromatic carbocycles. The summed E-state index contributed by atoms with van der Waals surface area (Å²) in [6, 6.07) is 8.44. The van der Waals surface area contributed by atoms with Crippen LogP contribution >= 0.6 is 22.6 Å². The van der Waals surface area contributed by atoms with Crippen molar-refractivity contribution in [3.05, 3.63) is 27.8 Å². The average molecular weight is 290 g/mol. The Morgan fingerprint density at radius 3 is 2.38 bits per heavy atom. The van der Waals surface area contributed by atoms with Gasteiger partial charge < -0.3 is 10.2 Å². The van der Waals surface area contributed by atoms with Crippen LogP contribution < -0.4 is 5.32 Å². The monoisotopic (exact) mass is 290 g/mol. The Hall–Kier alpha value is -0.290. The minimum atomic E-state index is 0.994. The first-order valence-electron chi connectivity index (χ1n) is 4.32. The normalized spacial score (nSPS) is 10.5. The standard InChI is InChI=1S/C10H15IN2/c1-13(2)8-7-12-10-5-3-9(11)4-6-10/h3-6,12H,7-8H2,1-2H3. The van der Waals surface area contributed by atoms with Crippen molar-refractivity contribution >= 4 is 28.3 Å². The summed E-state index contributed by atoms with van der Waals surface area (Å²) in [5.41, 5.74) is 1.20. The highest BCUT2D eigenvalue weighted by Gasteiger charge is 1.92. The lowest BCUT2D eigenvalue weighted by Crippen LogP contribution is -2.20. The van der Waals surface area contributed by atoms with Crippen molar-refractivity contribution in [3.8, 4) is 0 Å². The molecule has 1 rings (SSSR count). The van der Waals surface area contributed by atoms with Gasteiger partial charge in [0.15, 0.2) is 0 Å². The van der Waals surface area contributed by atoms with Crippen LogP contribution in [-0.2, 0) is 0 Å². The summed E-state index contributed by atoms with van der Waals surface area (Å²) in [5, 5.41) is 3.36. The van der Waals surface area contributed by atoms with Crippen molar-refractivity contribution in [2.24, 2.45) is 0 Å². The lowest BCUT2D eigenvalue weighted by atomic mass is 10.3. The first-order valence-corrected chi connectivity index (χ1v) is 5.40. The van der Waals surface area contributed by atoms with E-state index in [9.17, 15) is 0 Å². The Bertz CT molecular complexity index is 244. The van der Waals surface area contributed by atoms with Crippen LogP contribution in [0.1, 0.15) is 0 Å². The van der Waals surface area contributed by atoms with E-state index in [4.69, 9.17) is 0 Å². The smallest absolute Gasteiger partial charge is 0.0341 e. The summed E-state index contributed by atoms with van der Waals surface area (Å²) in [7, 11) is 4.16. The molecule has 0 unspecified atom stereocenters. The van der Waals surface area contributed by atoms with E-state index in [2.05, 4.69) is 71.2 Å². The Kier molecular flexibility index (Phi) is 4.52. The molecule has 0 aromatic heterocycles. The first kappa shape index (κ1) is 10.8. The highest BCUT2D eigenvalue weighted by molar-refractivity contribution is 14.1. The Balaban J connectivity index is 2.33. The van der Waals surface area contributed by atoms with Gasteiger partial charge >= 0.3 is 0 Å². The molecule has 0 saturated heterocycles. The fraction of sp³-hybridized carbons (Fsp3) is 0.400. The van der Waals surface area contributed by atoms with Gasteiger partial charge in [0.05, 0.1) is 0 Å². The van der Waals surface area contributed by atoms with E-state index >= 15 is 0 Å². The number of halogens is 1. The average Bonchev–Trinajstić information content (AvgIpc) is 2.08. The highest BCUT2D eigenvalue weighted by Crippen LogP contribution is 2.10. The van der Waals surface area contributed by atoms with Gasteiger partial charge in [-0.05, 0) is 61.0 Å². The third-order valence-corrected chi connectivity index (χ3v) is 2.45. The summed E-state index contributed by atoms with van der Waals surface area (Å²) in [6.07, 6.45) is 0. The van der Waals surface area contributed by atoms with Gasteiger partial charge in [0, 0.05) is 22.3 Å². The number of benzene rings is 1. The molecular weight excluding hydrogens is 275 g/mol. The molecule has 72 valence electrons. The number of nitrogens with one attached hydrogen (secondary N) is 1. The number of hydrogen-bond donors (Lipinski definition) is 1. The van der Waals surface area contributed by atoms with Gasteiger partial charge in [-0.15, -0.1) is 0 Å². The molecule has 0 fully saturated rings. The maximum absolute atomic E-state index is 3.36. The molecule has 3 heteroatoms. The summed E-state index contributed by atoms with van der Waals surface area (Å²) in [4.78, 5) is 2.17. The number of nitrogens with zero attached hydrogens (tertiary/aromatic N) is 1. The molecule has 0 aliphatic heterocycles. The van der Waals surface area contributed by atoms with Crippen molar-refractivity contribution in [2.45, 2.75) is 0 Å². The molecular formula is C10H15IN2. The summed E-state index contributed by atoms with van der Waals surface area (Å²) in [6.45, 7) is 2.06. The minimum absolute atomic E-state index is 0.994. The largest absolute Gasteiger partial charge is 0.384 e. The molecule has 1 N–H and O–H groups in total. The third-order valence-electron chi connectivity index (χ3n) is 1.73. The number of rotatable bonds is 4. The van der Waals surface area contributed by atoms with E-state index in [0.29, 0.717) is 0 Å². The molecule has 0 bridgehead atoms. The van der Waals surface area contributed by atoms with E-state index in [1.807, 2.05) is 0 Å². The van der Waals surface area contributed by atoms with E-state index in [-0.39, 0.29) is 0 Å². The Labute approximate surface area is 93.5 Å². The van der Waals surface area contributed by atoms with Gasteiger partial charge in [-0.3, -0.25) is 0 Å². The van der Waals surface area contributed by atoms with Gasteiger partial charge in [-0.1, -0.05) is 0 Å². The lowest BCUT2D eigenvalue weighted by molar-refractivity contribution is 0.425. The van der Waals surface area contributed by atoms with Gasteiger partial charge in [-0.25, -0.2) is 0 Å². The third kappa shape index (κ3) is 4.47. The quantitative estimate of drug-likeness (QED) is 0.856.